The Hall–Kier alpha value is -1.31. The minimum atomic E-state index is -1.64. The summed E-state index contributed by atoms with van der Waals surface area (Å²) in [6, 6.07) is 1.63. The first-order chi connectivity index (χ1) is 8.99. The van der Waals surface area contributed by atoms with E-state index < -0.39 is 35.5 Å². The summed E-state index contributed by atoms with van der Waals surface area (Å²) in [7, 11) is -1.64. The van der Waals surface area contributed by atoms with Crippen molar-refractivity contribution >= 4 is 18.9 Å². The SMILES string of the molecule is CC(C)(O)C(C)(C)OB(O)c1cc(F)c(C=O)c(F)c1. The van der Waals surface area contributed by atoms with E-state index in [1.165, 1.54) is 27.7 Å². The van der Waals surface area contributed by atoms with E-state index in [1.54, 1.807) is 0 Å². The van der Waals surface area contributed by atoms with Gasteiger partial charge in [-0.05, 0) is 45.3 Å². The summed E-state index contributed by atoms with van der Waals surface area (Å²) in [6.07, 6.45) is 0.0580. The lowest BCUT2D eigenvalue weighted by molar-refractivity contribution is -0.0982. The molecule has 7 heteroatoms. The van der Waals surface area contributed by atoms with Crippen molar-refractivity contribution in [2.75, 3.05) is 0 Å². The molecule has 0 heterocycles. The Kier molecular flexibility index (Phi) is 4.68. The van der Waals surface area contributed by atoms with Crippen molar-refractivity contribution in [3.63, 3.8) is 0 Å². The maximum Gasteiger partial charge on any atom is 0.491 e. The fraction of sp³-hybridized carbons (Fsp3) is 0.462. The number of halogens is 2. The molecule has 0 aliphatic heterocycles. The summed E-state index contributed by atoms with van der Waals surface area (Å²) in [6.45, 7) is 6.03. The molecular formula is C13H17BF2O4. The average Bonchev–Trinajstić information content (AvgIpc) is 2.26. The van der Waals surface area contributed by atoms with Crippen LogP contribution in [0.4, 0.5) is 8.78 Å². The highest BCUT2D eigenvalue weighted by molar-refractivity contribution is 6.60. The number of rotatable bonds is 5. The molecule has 1 aromatic carbocycles. The normalized spacial score (nSPS) is 12.4. The van der Waals surface area contributed by atoms with Gasteiger partial charge in [-0.15, -0.1) is 0 Å². The fourth-order valence-electron chi connectivity index (χ4n) is 1.35. The van der Waals surface area contributed by atoms with Crippen LogP contribution in [0.1, 0.15) is 38.1 Å². The van der Waals surface area contributed by atoms with E-state index >= 15 is 0 Å². The van der Waals surface area contributed by atoms with Crippen LogP contribution < -0.4 is 5.46 Å². The predicted molar refractivity (Wildman–Crippen MR) is 70.8 cm³/mol. The average molecular weight is 286 g/mol. The van der Waals surface area contributed by atoms with E-state index in [-0.39, 0.29) is 11.7 Å². The molecule has 0 atom stereocenters. The molecule has 110 valence electrons. The van der Waals surface area contributed by atoms with Crippen LogP contribution in [0.3, 0.4) is 0 Å². The molecule has 0 bridgehead atoms. The number of hydrogen-bond donors (Lipinski definition) is 2. The summed E-state index contributed by atoms with van der Waals surface area (Å²) in [5.41, 5.74) is -3.33. The van der Waals surface area contributed by atoms with Gasteiger partial charge in [0.1, 0.15) is 11.6 Å². The summed E-state index contributed by atoms with van der Waals surface area (Å²) >= 11 is 0. The molecule has 0 saturated carbocycles. The molecule has 2 N–H and O–H groups in total. The Morgan fingerprint density at radius 3 is 2.00 bits per heavy atom. The van der Waals surface area contributed by atoms with Gasteiger partial charge in [-0.1, -0.05) is 0 Å². The van der Waals surface area contributed by atoms with Crippen molar-refractivity contribution in [2.24, 2.45) is 0 Å². The maximum absolute atomic E-state index is 13.5. The third-order valence-corrected chi connectivity index (χ3v) is 3.38. The number of benzene rings is 1. The summed E-state index contributed by atoms with van der Waals surface area (Å²) < 4.78 is 32.2. The molecule has 0 aliphatic carbocycles. The highest BCUT2D eigenvalue weighted by Gasteiger charge is 2.39. The van der Waals surface area contributed by atoms with E-state index in [1.807, 2.05) is 0 Å². The van der Waals surface area contributed by atoms with Gasteiger partial charge >= 0.3 is 7.12 Å². The molecular weight excluding hydrogens is 269 g/mol. The van der Waals surface area contributed by atoms with Crippen LogP contribution in [0.2, 0.25) is 0 Å². The van der Waals surface area contributed by atoms with Gasteiger partial charge in [0.2, 0.25) is 0 Å². The Labute approximate surface area is 116 Å². The molecule has 0 fully saturated rings. The Balaban J connectivity index is 3.05. The van der Waals surface area contributed by atoms with Crippen molar-refractivity contribution in [1.29, 1.82) is 0 Å². The molecule has 4 nitrogen and oxygen atoms in total. The smallest absolute Gasteiger partial charge is 0.423 e. The van der Waals surface area contributed by atoms with Gasteiger partial charge in [-0.2, -0.15) is 0 Å². The Morgan fingerprint density at radius 2 is 1.65 bits per heavy atom. The Morgan fingerprint density at radius 1 is 1.20 bits per heavy atom. The second-order valence-corrected chi connectivity index (χ2v) is 5.56. The minimum absolute atomic E-state index is 0.0580. The van der Waals surface area contributed by atoms with Crippen LogP contribution in [0, 0.1) is 11.6 Å². The lowest BCUT2D eigenvalue weighted by Gasteiger charge is -2.38. The molecule has 0 radical (unpaired) electrons. The van der Waals surface area contributed by atoms with Crippen LogP contribution in [0.5, 0.6) is 0 Å². The molecule has 1 rings (SSSR count). The Bertz CT molecular complexity index is 489. The minimum Gasteiger partial charge on any atom is -0.423 e. The van der Waals surface area contributed by atoms with Gasteiger partial charge < -0.3 is 14.8 Å². The predicted octanol–water partition coefficient (Wildman–Crippen LogP) is 1.03. The number of aliphatic hydroxyl groups is 1. The molecule has 0 aliphatic rings. The van der Waals surface area contributed by atoms with E-state index in [0.29, 0.717) is 0 Å². The lowest BCUT2D eigenvalue weighted by Crippen LogP contribution is -2.53. The molecule has 20 heavy (non-hydrogen) atoms. The number of carbonyl (C=O) groups excluding carboxylic acids is 1. The van der Waals surface area contributed by atoms with E-state index in [2.05, 4.69) is 0 Å². The second kappa shape index (κ2) is 5.59. The van der Waals surface area contributed by atoms with Gasteiger partial charge in [0.15, 0.2) is 6.29 Å². The molecule has 0 spiro atoms. The van der Waals surface area contributed by atoms with Crippen LogP contribution in [-0.2, 0) is 4.65 Å². The quantitative estimate of drug-likeness (QED) is 0.626. The van der Waals surface area contributed by atoms with E-state index in [9.17, 15) is 23.7 Å². The van der Waals surface area contributed by atoms with Gasteiger partial charge in [0.25, 0.3) is 0 Å². The highest BCUT2D eigenvalue weighted by atomic mass is 19.1. The zero-order chi connectivity index (χ0) is 15.7. The van der Waals surface area contributed by atoms with Crippen molar-refractivity contribution in [3.05, 3.63) is 29.3 Å². The zero-order valence-corrected chi connectivity index (χ0v) is 11.8. The maximum atomic E-state index is 13.5. The molecule has 0 aromatic heterocycles. The van der Waals surface area contributed by atoms with Crippen molar-refractivity contribution < 1.29 is 28.4 Å². The highest BCUT2D eigenvalue weighted by Crippen LogP contribution is 2.25. The van der Waals surface area contributed by atoms with Crippen molar-refractivity contribution in [1.82, 2.24) is 0 Å². The standard InChI is InChI=1S/C13H17BF2O4/c1-12(2,18)13(3,4)20-14(19)8-5-10(15)9(7-17)11(16)6-8/h5-7,18-19H,1-4H3. The van der Waals surface area contributed by atoms with E-state index in [0.717, 1.165) is 12.1 Å². The first-order valence-corrected chi connectivity index (χ1v) is 6.02. The van der Waals surface area contributed by atoms with Gasteiger partial charge in [-0.25, -0.2) is 8.78 Å². The van der Waals surface area contributed by atoms with Crippen LogP contribution in [0.25, 0.3) is 0 Å². The first-order valence-electron chi connectivity index (χ1n) is 6.02. The molecule has 0 unspecified atom stereocenters. The second-order valence-electron chi connectivity index (χ2n) is 5.56. The van der Waals surface area contributed by atoms with Gasteiger partial charge in [-0.3, -0.25) is 4.79 Å². The van der Waals surface area contributed by atoms with Crippen LogP contribution in [0.15, 0.2) is 12.1 Å². The fourth-order valence-corrected chi connectivity index (χ4v) is 1.35. The summed E-state index contributed by atoms with van der Waals surface area (Å²) in [5, 5.41) is 19.8. The molecule has 1 aromatic rings. The summed E-state index contributed by atoms with van der Waals surface area (Å²) in [5.74, 6) is -2.17. The number of carbonyl (C=O) groups is 1. The number of hydrogen-bond acceptors (Lipinski definition) is 4. The molecule has 0 amide bonds. The van der Waals surface area contributed by atoms with Crippen LogP contribution >= 0.6 is 0 Å². The summed E-state index contributed by atoms with van der Waals surface area (Å²) in [4.78, 5) is 10.5. The van der Waals surface area contributed by atoms with E-state index in [4.69, 9.17) is 4.65 Å². The van der Waals surface area contributed by atoms with Crippen molar-refractivity contribution in [2.45, 2.75) is 38.9 Å². The topological polar surface area (TPSA) is 66.8 Å². The molecule has 0 saturated heterocycles. The lowest BCUT2D eigenvalue weighted by atomic mass is 9.76. The third kappa shape index (κ3) is 3.42. The monoisotopic (exact) mass is 286 g/mol. The third-order valence-electron chi connectivity index (χ3n) is 3.38. The van der Waals surface area contributed by atoms with Gasteiger partial charge in [0.05, 0.1) is 16.8 Å². The largest absolute Gasteiger partial charge is 0.491 e. The first kappa shape index (κ1) is 16.7. The number of aldehydes is 1. The zero-order valence-electron chi connectivity index (χ0n) is 11.8. The van der Waals surface area contributed by atoms with Gasteiger partial charge in [0, 0.05) is 0 Å². The van der Waals surface area contributed by atoms with Crippen LogP contribution in [-0.4, -0.2) is 34.7 Å². The van der Waals surface area contributed by atoms with Crippen molar-refractivity contribution in [3.8, 4) is 0 Å².